The van der Waals surface area contributed by atoms with Gasteiger partial charge in [0.2, 0.25) is 0 Å². The number of rotatable bonds is 2. The monoisotopic (exact) mass is 400 g/mol. The normalized spacial score (nSPS) is 8.44. The maximum Gasteiger partial charge on any atom is 0 e. The van der Waals surface area contributed by atoms with Gasteiger partial charge in [-0.05, 0) is 30.5 Å². The summed E-state index contributed by atoms with van der Waals surface area (Å²) in [4.78, 5) is 11.3. The SMILES string of the molecule is CC(=O)O[C@@H](C#Cc1ccccc1)c1ccccc1C.[C-]#[O+].[C-]#[O+].[C-]#[O+].[Cr]. The van der Waals surface area contributed by atoms with Crippen LogP contribution in [0, 0.1) is 38.7 Å². The Bertz CT molecular complexity index is 768. The first-order valence-electron chi connectivity index (χ1n) is 7.07. The van der Waals surface area contributed by atoms with Gasteiger partial charge in [-0.25, -0.2) is 0 Å². The van der Waals surface area contributed by atoms with Crippen molar-refractivity contribution in [2.24, 2.45) is 0 Å². The van der Waals surface area contributed by atoms with Crippen LogP contribution in [0.1, 0.15) is 29.7 Å². The Morgan fingerprint density at radius 2 is 1.41 bits per heavy atom. The van der Waals surface area contributed by atoms with Crippen LogP contribution in [0.2, 0.25) is 0 Å². The zero-order valence-electron chi connectivity index (χ0n) is 14.7. The molecule has 0 aliphatic heterocycles. The molecule has 136 valence electrons. The summed E-state index contributed by atoms with van der Waals surface area (Å²) in [5, 5.41) is 0. The van der Waals surface area contributed by atoms with Gasteiger partial charge in [-0.1, -0.05) is 48.4 Å². The van der Waals surface area contributed by atoms with Crippen LogP contribution >= 0.6 is 0 Å². The van der Waals surface area contributed by atoms with Crippen LogP contribution in [0.3, 0.4) is 0 Å². The Balaban J connectivity index is -0.000000749. The molecule has 2 rings (SSSR count). The van der Waals surface area contributed by atoms with E-state index >= 15 is 0 Å². The summed E-state index contributed by atoms with van der Waals surface area (Å²) < 4.78 is 27.8. The maximum absolute atomic E-state index is 11.3. The number of benzene rings is 2. The molecule has 0 spiro atoms. The Morgan fingerprint density at radius 1 is 0.926 bits per heavy atom. The van der Waals surface area contributed by atoms with Crippen molar-refractivity contribution in [1.29, 1.82) is 0 Å². The van der Waals surface area contributed by atoms with Gasteiger partial charge >= 0.3 is 39.9 Å². The predicted octanol–water partition coefficient (Wildman–Crippen LogP) is 3.54. The fourth-order valence-electron chi connectivity index (χ4n) is 1.89. The summed E-state index contributed by atoms with van der Waals surface area (Å²) in [5.41, 5.74) is 2.88. The molecule has 0 bridgehead atoms. The molecule has 5 nitrogen and oxygen atoms in total. The Hall–Kier alpha value is -2.78. The van der Waals surface area contributed by atoms with E-state index in [0.29, 0.717) is 0 Å². The second kappa shape index (κ2) is 19.5. The van der Waals surface area contributed by atoms with E-state index in [-0.39, 0.29) is 23.3 Å². The number of aryl methyl sites for hydroxylation is 1. The number of carbonyl (C=O) groups excluding carboxylic acids is 1. The smallest absolute Gasteiger partial charge is 0 e. The van der Waals surface area contributed by atoms with Crippen molar-refractivity contribution in [2.45, 2.75) is 20.0 Å². The van der Waals surface area contributed by atoms with Gasteiger partial charge in [0.1, 0.15) is 0 Å². The third-order valence-corrected chi connectivity index (χ3v) is 2.88. The zero-order chi connectivity index (χ0) is 20.4. The molecule has 0 aliphatic carbocycles. The third kappa shape index (κ3) is 12.2. The molecule has 0 amide bonds. The molecule has 0 radical (unpaired) electrons. The van der Waals surface area contributed by atoms with Gasteiger partial charge in [0.05, 0.1) is 0 Å². The maximum atomic E-state index is 11.3. The Kier molecular flexibility index (Phi) is 21.0. The minimum Gasteiger partial charge on any atom is 0 e. The van der Waals surface area contributed by atoms with E-state index in [0.717, 1.165) is 16.7 Å². The number of carbonyl (C=O) groups is 1. The fourth-order valence-corrected chi connectivity index (χ4v) is 1.89. The topological polar surface area (TPSA) is 86.0 Å². The van der Waals surface area contributed by atoms with E-state index < -0.39 is 6.10 Å². The first kappa shape index (κ1) is 29.0. The number of ether oxygens (including phenoxy) is 1. The van der Waals surface area contributed by atoms with Gasteiger partial charge in [-0.15, -0.1) is 0 Å². The number of esters is 1. The van der Waals surface area contributed by atoms with Crippen LogP contribution in [0.25, 0.3) is 0 Å². The van der Waals surface area contributed by atoms with Crippen molar-refractivity contribution in [1.82, 2.24) is 0 Å². The van der Waals surface area contributed by atoms with E-state index in [1.165, 1.54) is 6.92 Å². The average Bonchev–Trinajstić information content (AvgIpc) is 2.71. The van der Waals surface area contributed by atoms with E-state index in [4.69, 9.17) is 18.7 Å². The number of hydrogen-bond acceptors (Lipinski definition) is 2. The Labute approximate surface area is 170 Å². The molecule has 0 heterocycles. The first-order chi connectivity index (χ1) is 12.7. The van der Waals surface area contributed by atoms with E-state index in [1.807, 2.05) is 61.5 Å². The van der Waals surface area contributed by atoms with Gasteiger partial charge in [0.15, 0.2) is 6.10 Å². The van der Waals surface area contributed by atoms with Crippen LogP contribution in [0.15, 0.2) is 54.6 Å². The van der Waals surface area contributed by atoms with Crippen LogP contribution < -0.4 is 0 Å². The van der Waals surface area contributed by atoms with Crippen molar-refractivity contribution in [2.75, 3.05) is 0 Å². The van der Waals surface area contributed by atoms with Gasteiger partial charge in [-0.3, -0.25) is 4.79 Å². The molecular formula is C21H16CrO5. The molecular weight excluding hydrogens is 384 g/mol. The summed E-state index contributed by atoms with van der Waals surface area (Å²) in [7, 11) is 0. The van der Waals surface area contributed by atoms with Crippen molar-refractivity contribution < 1.29 is 40.8 Å². The molecule has 6 heteroatoms. The molecule has 0 unspecified atom stereocenters. The predicted molar refractivity (Wildman–Crippen MR) is 90.8 cm³/mol. The molecule has 27 heavy (non-hydrogen) atoms. The molecule has 0 aliphatic rings. The summed E-state index contributed by atoms with van der Waals surface area (Å²) in [6, 6.07) is 17.4. The Morgan fingerprint density at radius 3 is 1.89 bits per heavy atom. The molecule has 0 saturated heterocycles. The molecule has 1 atom stereocenters. The summed E-state index contributed by atoms with van der Waals surface area (Å²) in [6.07, 6.45) is -0.533. The first-order valence-corrected chi connectivity index (χ1v) is 7.07. The third-order valence-electron chi connectivity index (χ3n) is 2.88. The number of hydrogen-bond donors (Lipinski definition) is 0. The van der Waals surface area contributed by atoms with Gasteiger partial charge in [0, 0.05) is 35.4 Å². The van der Waals surface area contributed by atoms with Crippen LogP contribution in [-0.4, -0.2) is 5.97 Å². The van der Waals surface area contributed by atoms with Gasteiger partial charge in [-0.2, -0.15) is 0 Å². The second-order valence-electron chi connectivity index (χ2n) is 4.48. The van der Waals surface area contributed by atoms with Crippen molar-refractivity contribution in [3.05, 3.63) is 91.2 Å². The fraction of sp³-hybridized carbons (Fsp3) is 0.143. The molecule has 2 aromatic carbocycles. The molecule has 2 aromatic rings. The van der Waals surface area contributed by atoms with E-state index in [2.05, 4.69) is 31.8 Å². The van der Waals surface area contributed by atoms with Crippen molar-refractivity contribution in [3.63, 3.8) is 0 Å². The molecule has 0 aromatic heterocycles. The summed E-state index contributed by atoms with van der Waals surface area (Å²) in [6.45, 7) is 16.9. The van der Waals surface area contributed by atoms with Gasteiger partial charge in [0.25, 0.3) is 0 Å². The zero-order valence-corrected chi connectivity index (χ0v) is 16.0. The average molecular weight is 400 g/mol. The van der Waals surface area contributed by atoms with Crippen LogP contribution in [0.4, 0.5) is 0 Å². The van der Waals surface area contributed by atoms with E-state index in [1.54, 1.807) is 0 Å². The van der Waals surface area contributed by atoms with E-state index in [9.17, 15) is 4.79 Å². The molecule has 0 fully saturated rings. The van der Waals surface area contributed by atoms with Crippen LogP contribution in [-0.2, 0) is 40.8 Å². The van der Waals surface area contributed by atoms with Gasteiger partial charge < -0.3 is 4.74 Å². The molecule has 0 N–H and O–H groups in total. The van der Waals surface area contributed by atoms with Crippen molar-refractivity contribution >= 4 is 5.97 Å². The minimum absolute atomic E-state index is 0. The second-order valence-corrected chi connectivity index (χ2v) is 4.48. The minimum atomic E-state index is -0.533. The molecule has 0 saturated carbocycles. The quantitative estimate of drug-likeness (QED) is 0.334. The van der Waals surface area contributed by atoms with Crippen LogP contribution in [0.5, 0.6) is 0 Å². The summed E-state index contributed by atoms with van der Waals surface area (Å²) in [5.74, 6) is 5.75. The standard InChI is InChI=1S/C18H16O2.3CO.Cr/c1-14-8-6-7-11-17(14)18(20-15(2)19)13-12-16-9-4-3-5-10-16;3*1-2;/h3-11,18H,1-2H3;;;;/t18-;;;;/m0..../s1. The summed E-state index contributed by atoms with van der Waals surface area (Å²) >= 11 is 0. The largest absolute Gasteiger partial charge is 0 e. The van der Waals surface area contributed by atoms with Crippen molar-refractivity contribution in [3.8, 4) is 11.8 Å².